The second kappa shape index (κ2) is 8.08. The first-order valence-corrected chi connectivity index (χ1v) is 7.32. The number of nitrogens with zero attached hydrogens (tertiary/aromatic N) is 1. The van der Waals surface area contributed by atoms with Crippen LogP contribution in [-0.4, -0.2) is 31.6 Å². The molecule has 0 aliphatic rings. The number of aromatic hydroxyl groups is 1. The van der Waals surface area contributed by atoms with Crippen molar-refractivity contribution in [3.8, 4) is 17.2 Å². The van der Waals surface area contributed by atoms with Gasteiger partial charge in [-0.2, -0.15) is 0 Å². The third-order valence-corrected chi connectivity index (χ3v) is 3.25. The van der Waals surface area contributed by atoms with Gasteiger partial charge in [-0.05, 0) is 43.2 Å². The van der Waals surface area contributed by atoms with Crippen molar-refractivity contribution >= 4 is 6.21 Å². The van der Waals surface area contributed by atoms with Gasteiger partial charge in [-0.3, -0.25) is 4.99 Å². The molecule has 0 amide bonds. The van der Waals surface area contributed by atoms with Crippen LogP contribution in [0.3, 0.4) is 0 Å². The first kappa shape index (κ1) is 15.9. The number of methoxy groups -OCH3 is 1. The molecule has 0 aliphatic carbocycles. The van der Waals surface area contributed by atoms with Crippen molar-refractivity contribution in [2.24, 2.45) is 4.99 Å². The van der Waals surface area contributed by atoms with E-state index in [0.717, 1.165) is 12.2 Å². The fraction of sp³-hybridized carbons (Fsp3) is 0.278. The predicted molar refractivity (Wildman–Crippen MR) is 88.4 cm³/mol. The molecule has 0 heterocycles. The average molecular weight is 299 g/mol. The Labute approximate surface area is 131 Å². The van der Waals surface area contributed by atoms with E-state index in [-0.39, 0.29) is 5.75 Å². The predicted octanol–water partition coefficient (Wildman–Crippen LogP) is 3.46. The molecule has 0 atom stereocenters. The Hall–Kier alpha value is -2.49. The number of para-hydroxylation sites is 1. The number of phenolic OH excluding ortho intramolecular Hbond substituents is 1. The molecule has 0 aliphatic heterocycles. The number of hydrogen-bond acceptors (Lipinski definition) is 4. The molecule has 0 saturated heterocycles. The molecule has 0 bridgehead atoms. The van der Waals surface area contributed by atoms with E-state index in [2.05, 4.69) is 4.99 Å². The SMILES string of the molecule is CCOc1cccc(C=NCCc2ccc(OC)cc2)c1O. The van der Waals surface area contributed by atoms with Crippen LogP contribution in [0.5, 0.6) is 17.2 Å². The smallest absolute Gasteiger partial charge is 0.166 e. The molecule has 22 heavy (non-hydrogen) atoms. The summed E-state index contributed by atoms with van der Waals surface area (Å²) in [5, 5.41) is 10.1. The highest BCUT2D eigenvalue weighted by Gasteiger charge is 2.05. The standard InChI is InChI=1S/C18H21NO3/c1-3-22-17-6-4-5-15(18(17)20)13-19-12-11-14-7-9-16(21-2)10-8-14/h4-10,13,20H,3,11-12H2,1-2H3. The van der Waals surface area contributed by atoms with Crippen molar-refractivity contribution < 1.29 is 14.6 Å². The molecule has 2 aromatic carbocycles. The van der Waals surface area contributed by atoms with Gasteiger partial charge < -0.3 is 14.6 Å². The van der Waals surface area contributed by atoms with Crippen molar-refractivity contribution in [1.82, 2.24) is 0 Å². The highest BCUT2D eigenvalue weighted by Crippen LogP contribution is 2.28. The molecule has 0 spiro atoms. The Morgan fingerprint density at radius 3 is 2.59 bits per heavy atom. The van der Waals surface area contributed by atoms with Gasteiger partial charge in [-0.25, -0.2) is 0 Å². The fourth-order valence-electron chi connectivity index (χ4n) is 2.06. The van der Waals surface area contributed by atoms with Crippen molar-refractivity contribution in [1.29, 1.82) is 0 Å². The maximum Gasteiger partial charge on any atom is 0.166 e. The summed E-state index contributed by atoms with van der Waals surface area (Å²) >= 11 is 0. The molecule has 0 aromatic heterocycles. The van der Waals surface area contributed by atoms with Gasteiger partial charge in [0, 0.05) is 18.3 Å². The summed E-state index contributed by atoms with van der Waals surface area (Å²) in [7, 11) is 1.65. The van der Waals surface area contributed by atoms with E-state index < -0.39 is 0 Å². The minimum Gasteiger partial charge on any atom is -0.504 e. The van der Waals surface area contributed by atoms with Crippen LogP contribution in [0, 0.1) is 0 Å². The number of ether oxygens (including phenoxy) is 2. The molecule has 0 unspecified atom stereocenters. The van der Waals surface area contributed by atoms with Crippen molar-refractivity contribution in [2.75, 3.05) is 20.3 Å². The lowest BCUT2D eigenvalue weighted by Gasteiger charge is -2.07. The van der Waals surface area contributed by atoms with Gasteiger partial charge in [0.05, 0.1) is 13.7 Å². The first-order chi connectivity index (χ1) is 10.7. The van der Waals surface area contributed by atoms with Gasteiger partial charge >= 0.3 is 0 Å². The molecule has 2 aromatic rings. The lowest BCUT2D eigenvalue weighted by molar-refractivity contribution is 0.318. The third-order valence-electron chi connectivity index (χ3n) is 3.25. The minimum absolute atomic E-state index is 0.137. The zero-order chi connectivity index (χ0) is 15.8. The molecular weight excluding hydrogens is 278 g/mol. The average Bonchev–Trinajstić information content (AvgIpc) is 2.55. The number of phenols is 1. The lowest BCUT2D eigenvalue weighted by Crippen LogP contribution is -1.95. The normalized spacial score (nSPS) is 10.8. The van der Waals surface area contributed by atoms with Crippen LogP contribution in [0.25, 0.3) is 0 Å². The summed E-state index contributed by atoms with van der Waals surface area (Å²) in [4.78, 5) is 4.37. The summed E-state index contributed by atoms with van der Waals surface area (Å²) < 4.78 is 10.5. The van der Waals surface area contributed by atoms with E-state index >= 15 is 0 Å². The van der Waals surface area contributed by atoms with Gasteiger partial charge in [-0.1, -0.05) is 18.2 Å². The number of aliphatic imine (C=N–C) groups is 1. The Morgan fingerprint density at radius 2 is 1.91 bits per heavy atom. The van der Waals surface area contributed by atoms with Crippen LogP contribution in [0.2, 0.25) is 0 Å². The highest BCUT2D eigenvalue weighted by molar-refractivity contribution is 5.84. The Bertz CT molecular complexity index is 621. The molecule has 0 fully saturated rings. The van der Waals surface area contributed by atoms with E-state index in [1.807, 2.05) is 43.3 Å². The van der Waals surface area contributed by atoms with Crippen LogP contribution in [0.4, 0.5) is 0 Å². The number of rotatable bonds is 7. The van der Waals surface area contributed by atoms with Crippen LogP contribution < -0.4 is 9.47 Å². The van der Waals surface area contributed by atoms with Gasteiger partial charge in [0.25, 0.3) is 0 Å². The maximum atomic E-state index is 10.1. The second-order valence-corrected chi connectivity index (χ2v) is 4.76. The summed E-state index contributed by atoms with van der Waals surface area (Å²) in [5.41, 5.74) is 1.87. The third kappa shape index (κ3) is 4.25. The van der Waals surface area contributed by atoms with Crippen LogP contribution in [0.1, 0.15) is 18.1 Å². The molecule has 0 radical (unpaired) electrons. The van der Waals surface area contributed by atoms with Crippen LogP contribution in [-0.2, 0) is 6.42 Å². The largest absolute Gasteiger partial charge is 0.504 e. The summed E-state index contributed by atoms with van der Waals surface area (Å²) in [6.07, 6.45) is 2.52. The Kier molecular flexibility index (Phi) is 5.83. The van der Waals surface area contributed by atoms with Gasteiger partial charge in [0.1, 0.15) is 5.75 Å². The molecule has 4 heteroatoms. The molecule has 4 nitrogen and oxygen atoms in total. The molecule has 1 N–H and O–H groups in total. The maximum absolute atomic E-state index is 10.1. The zero-order valence-electron chi connectivity index (χ0n) is 13.0. The topological polar surface area (TPSA) is 51.0 Å². The number of benzene rings is 2. The number of hydrogen-bond donors (Lipinski definition) is 1. The molecular formula is C18H21NO3. The quantitative estimate of drug-likeness (QED) is 0.797. The van der Waals surface area contributed by atoms with Crippen molar-refractivity contribution in [3.63, 3.8) is 0 Å². The summed E-state index contributed by atoms with van der Waals surface area (Å²) in [6.45, 7) is 3.06. The summed E-state index contributed by atoms with van der Waals surface area (Å²) in [5.74, 6) is 1.48. The Morgan fingerprint density at radius 1 is 1.14 bits per heavy atom. The molecule has 116 valence electrons. The molecule has 0 saturated carbocycles. The first-order valence-electron chi connectivity index (χ1n) is 7.32. The zero-order valence-corrected chi connectivity index (χ0v) is 13.0. The van der Waals surface area contributed by atoms with E-state index in [1.165, 1.54) is 5.56 Å². The van der Waals surface area contributed by atoms with E-state index in [9.17, 15) is 5.11 Å². The van der Waals surface area contributed by atoms with E-state index in [1.54, 1.807) is 19.4 Å². The van der Waals surface area contributed by atoms with E-state index in [4.69, 9.17) is 9.47 Å². The minimum atomic E-state index is 0.137. The highest BCUT2D eigenvalue weighted by atomic mass is 16.5. The second-order valence-electron chi connectivity index (χ2n) is 4.76. The van der Waals surface area contributed by atoms with Gasteiger partial charge in [-0.15, -0.1) is 0 Å². The fourth-order valence-corrected chi connectivity index (χ4v) is 2.06. The summed E-state index contributed by atoms with van der Waals surface area (Å²) in [6, 6.07) is 13.3. The van der Waals surface area contributed by atoms with Crippen molar-refractivity contribution in [3.05, 3.63) is 53.6 Å². The Balaban J connectivity index is 1.93. The van der Waals surface area contributed by atoms with Crippen LogP contribution >= 0.6 is 0 Å². The molecule has 2 rings (SSSR count). The lowest BCUT2D eigenvalue weighted by atomic mass is 10.1. The van der Waals surface area contributed by atoms with Gasteiger partial charge in [0.15, 0.2) is 11.5 Å². The monoisotopic (exact) mass is 299 g/mol. The van der Waals surface area contributed by atoms with Crippen LogP contribution in [0.15, 0.2) is 47.5 Å². The van der Waals surface area contributed by atoms with E-state index in [0.29, 0.717) is 24.5 Å². The van der Waals surface area contributed by atoms with Crippen molar-refractivity contribution in [2.45, 2.75) is 13.3 Å². The van der Waals surface area contributed by atoms with Gasteiger partial charge in [0.2, 0.25) is 0 Å².